The number of carbonyl (C=O) groups is 2. The number of anilines is 1. The van der Waals surface area contributed by atoms with Crippen LogP contribution in [0.3, 0.4) is 0 Å². The third-order valence-electron chi connectivity index (χ3n) is 4.77. The van der Waals surface area contributed by atoms with Gasteiger partial charge in [-0.15, -0.1) is 0 Å². The van der Waals surface area contributed by atoms with E-state index in [9.17, 15) is 18.0 Å². The molecule has 0 saturated heterocycles. The van der Waals surface area contributed by atoms with E-state index >= 15 is 0 Å². The minimum atomic E-state index is -3.41. The molecule has 2 aromatic carbocycles. The molecule has 0 aromatic heterocycles. The van der Waals surface area contributed by atoms with Gasteiger partial charge in [0.15, 0.2) is 5.78 Å². The monoisotopic (exact) mass is 413 g/mol. The highest BCUT2D eigenvalue weighted by atomic mass is 32.2. The Kier molecular flexibility index (Phi) is 6.17. The SMILES string of the molecule is CCOC(=O)C1C(=O)C=C(c2cccc(NS(C)(=O)=O)c2)CC1c1ccccc1. The number of hydrogen-bond donors (Lipinski definition) is 1. The van der Waals surface area contributed by atoms with Crippen LogP contribution in [0.1, 0.15) is 30.4 Å². The van der Waals surface area contributed by atoms with Crippen molar-refractivity contribution >= 4 is 33.0 Å². The normalized spacial score (nSPS) is 19.4. The smallest absolute Gasteiger partial charge is 0.317 e. The summed E-state index contributed by atoms with van der Waals surface area (Å²) in [6.45, 7) is 1.92. The molecular weight excluding hydrogens is 390 g/mol. The highest BCUT2D eigenvalue weighted by Gasteiger charge is 2.39. The minimum Gasteiger partial charge on any atom is -0.465 e. The molecule has 0 radical (unpaired) electrons. The topological polar surface area (TPSA) is 89.5 Å². The van der Waals surface area contributed by atoms with Crippen LogP contribution in [-0.2, 0) is 24.3 Å². The Morgan fingerprint density at radius 1 is 1.14 bits per heavy atom. The molecule has 2 unspecified atom stereocenters. The van der Waals surface area contributed by atoms with Crippen LogP contribution >= 0.6 is 0 Å². The molecule has 7 heteroatoms. The van der Waals surface area contributed by atoms with Gasteiger partial charge in [-0.3, -0.25) is 14.3 Å². The number of benzene rings is 2. The van der Waals surface area contributed by atoms with Crippen molar-refractivity contribution < 1.29 is 22.7 Å². The summed E-state index contributed by atoms with van der Waals surface area (Å²) in [5.74, 6) is -2.07. The Hall–Kier alpha value is -2.93. The molecule has 29 heavy (non-hydrogen) atoms. The van der Waals surface area contributed by atoms with Gasteiger partial charge in [0.2, 0.25) is 10.0 Å². The molecule has 2 aromatic rings. The van der Waals surface area contributed by atoms with Crippen molar-refractivity contribution in [2.75, 3.05) is 17.6 Å². The van der Waals surface area contributed by atoms with Gasteiger partial charge in [-0.1, -0.05) is 42.5 Å². The molecule has 1 N–H and O–H groups in total. The van der Waals surface area contributed by atoms with Crippen molar-refractivity contribution in [1.82, 2.24) is 0 Å². The summed E-state index contributed by atoms with van der Waals surface area (Å²) in [5.41, 5.74) is 2.79. The number of rotatable bonds is 6. The fraction of sp³-hybridized carbons (Fsp3) is 0.273. The average molecular weight is 413 g/mol. The summed E-state index contributed by atoms with van der Waals surface area (Å²) in [4.78, 5) is 25.4. The van der Waals surface area contributed by atoms with Crippen LogP contribution < -0.4 is 4.72 Å². The lowest BCUT2D eigenvalue weighted by Crippen LogP contribution is -2.34. The van der Waals surface area contributed by atoms with Crippen LogP contribution in [0.5, 0.6) is 0 Å². The molecule has 3 rings (SSSR count). The standard InChI is InChI=1S/C22H23NO5S/c1-3-28-22(25)21-19(15-8-5-4-6-9-15)13-17(14-20(21)24)16-10-7-11-18(12-16)23-29(2,26)27/h4-12,14,19,21,23H,3,13H2,1-2H3. The molecule has 0 bridgehead atoms. The molecule has 1 aliphatic carbocycles. The second-order valence-corrected chi connectivity index (χ2v) is 8.73. The third-order valence-corrected chi connectivity index (χ3v) is 5.38. The first-order valence-electron chi connectivity index (χ1n) is 9.32. The quantitative estimate of drug-likeness (QED) is 0.579. The van der Waals surface area contributed by atoms with Gasteiger partial charge in [0.25, 0.3) is 0 Å². The first kappa shape index (κ1) is 20.8. The maximum atomic E-state index is 12.9. The van der Waals surface area contributed by atoms with E-state index in [4.69, 9.17) is 4.74 Å². The van der Waals surface area contributed by atoms with Gasteiger partial charge in [-0.05, 0) is 48.3 Å². The van der Waals surface area contributed by atoms with E-state index in [0.717, 1.165) is 23.0 Å². The summed E-state index contributed by atoms with van der Waals surface area (Å²) in [6.07, 6.45) is 3.01. The summed E-state index contributed by atoms with van der Waals surface area (Å²) >= 11 is 0. The number of hydrogen-bond acceptors (Lipinski definition) is 5. The first-order valence-corrected chi connectivity index (χ1v) is 11.2. The van der Waals surface area contributed by atoms with E-state index in [1.807, 2.05) is 36.4 Å². The second kappa shape index (κ2) is 8.61. The van der Waals surface area contributed by atoms with Crippen LogP contribution in [0.15, 0.2) is 60.7 Å². The van der Waals surface area contributed by atoms with Gasteiger partial charge in [-0.25, -0.2) is 8.42 Å². The summed E-state index contributed by atoms with van der Waals surface area (Å²) in [6, 6.07) is 16.3. The summed E-state index contributed by atoms with van der Waals surface area (Å²) in [7, 11) is -3.41. The van der Waals surface area contributed by atoms with E-state index < -0.39 is 21.9 Å². The molecular formula is C22H23NO5S. The highest BCUT2D eigenvalue weighted by molar-refractivity contribution is 7.92. The van der Waals surface area contributed by atoms with Crippen molar-refractivity contribution in [2.45, 2.75) is 19.3 Å². The van der Waals surface area contributed by atoms with Gasteiger partial charge in [0.05, 0.1) is 12.9 Å². The van der Waals surface area contributed by atoms with Crippen molar-refractivity contribution in [3.8, 4) is 0 Å². The van der Waals surface area contributed by atoms with Crippen LogP contribution in [0.25, 0.3) is 5.57 Å². The third kappa shape index (κ3) is 5.12. The fourth-order valence-corrected chi connectivity index (χ4v) is 4.15. The number of carbonyl (C=O) groups excluding carboxylic acids is 2. The van der Waals surface area contributed by atoms with Gasteiger partial charge >= 0.3 is 5.97 Å². The predicted octanol–water partition coefficient (Wildman–Crippen LogP) is 3.38. The van der Waals surface area contributed by atoms with Gasteiger partial charge in [0, 0.05) is 11.6 Å². The van der Waals surface area contributed by atoms with Crippen molar-refractivity contribution in [3.05, 3.63) is 71.8 Å². The number of ketones is 1. The number of sulfonamides is 1. The van der Waals surface area contributed by atoms with Crippen LogP contribution in [-0.4, -0.2) is 33.0 Å². The van der Waals surface area contributed by atoms with Gasteiger partial charge in [-0.2, -0.15) is 0 Å². The number of allylic oxidation sites excluding steroid dienone is 2. The van der Waals surface area contributed by atoms with E-state index in [1.165, 1.54) is 6.08 Å². The zero-order valence-corrected chi connectivity index (χ0v) is 17.1. The Bertz CT molecular complexity index is 1040. The number of ether oxygens (including phenoxy) is 1. The molecule has 0 aliphatic heterocycles. The lowest BCUT2D eigenvalue weighted by molar-refractivity contribution is -0.151. The lowest BCUT2D eigenvalue weighted by atomic mass is 9.73. The lowest BCUT2D eigenvalue weighted by Gasteiger charge is -2.29. The van der Waals surface area contributed by atoms with Crippen LogP contribution in [0, 0.1) is 5.92 Å². The molecule has 152 valence electrons. The average Bonchev–Trinajstić information content (AvgIpc) is 2.67. The summed E-state index contributed by atoms with van der Waals surface area (Å²) in [5, 5.41) is 0. The van der Waals surface area contributed by atoms with Crippen molar-refractivity contribution in [1.29, 1.82) is 0 Å². The molecule has 0 spiro atoms. The zero-order valence-electron chi connectivity index (χ0n) is 16.3. The predicted molar refractivity (Wildman–Crippen MR) is 112 cm³/mol. The molecule has 0 heterocycles. The maximum Gasteiger partial charge on any atom is 0.317 e. The van der Waals surface area contributed by atoms with Crippen molar-refractivity contribution in [3.63, 3.8) is 0 Å². The Morgan fingerprint density at radius 2 is 1.86 bits per heavy atom. The largest absolute Gasteiger partial charge is 0.465 e. The molecule has 6 nitrogen and oxygen atoms in total. The Morgan fingerprint density at radius 3 is 2.52 bits per heavy atom. The second-order valence-electron chi connectivity index (χ2n) is 6.98. The van der Waals surface area contributed by atoms with E-state index in [-0.39, 0.29) is 18.3 Å². The molecule has 2 atom stereocenters. The van der Waals surface area contributed by atoms with E-state index in [2.05, 4.69) is 4.72 Å². The van der Waals surface area contributed by atoms with Crippen LogP contribution in [0.4, 0.5) is 5.69 Å². The number of nitrogens with one attached hydrogen (secondary N) is 1. The molecule has 1 aliphatic rings. The summed E-state index contributed by atoms with van der Waals surface area (Å²) < 4.78 is 30.6. The van der Waals surface area contributed by atoms with Crippen molar-refractivity contribution in [2.24, 2.45) is 5.92 Å². The molecule has 0 amide bonds. The van der Waals surface area contributed by atoms with Gasteiger partial charge in [0.1, 0.15) is 5.92 Å². The number of esters is 1. The van der Waals surface area contributed by atoms with E-state index in [0.29, 0.717) is 12.1 Å². The Labute approximate surface area is 170 Å². The zero-order chi connectivity index (χ0) is 21.0. The Balaban J connectivity index is 1.99. The minimum absolute atomic E-state index is 0.208. The molecule has 0 saturated carbocycles. The fourth-order valence-electron chi connectivity index (χ4n) is 3.59. The highest BCUT2D eigenvalue weighted by Crippen LogP contribution is 2.40. The van der Waals surface area contributed by atoms with Crippen LogP contribution in [0.2, 0.25) is 0 Å². The maximum absolute atomic E-state index is 12.9. The van der Waals surface area contributed by atoms with Gasteiger partial charge < -0.3 is 4.74 Å². The van der Waals surface area contributed by atoms with E-state index in [1.54, 1.807) is 25.1 Å². The first-order chi connectivity index (χ1) is 13.8. The molecule has 0 fully saturated rings.